The van der Waals surface area contributed by atoms with Crippen LogP contribution in [0.15, 0.2) is 146 Å². The zero-order chi connectivity index (χ0) is 46.4. The Morgan fingerprint density at radius 1 is 0.554 bits per heavy atom. The molecule has 0 saturated carbocycles. The molecule has 10 unspecified atom stereocenters. The van der Waals surface area contributed by atoms with E-state index in [1.54, 1.807) is 0 Å². The van der Waals surface area contributed by atoms with E-state index in [1.807, 2.05) is 121 Å². The third kappa shape index (κ3) is 15.8. The van der Waals surface area contributed by atoms with Crippen molar-refractivity contribution >= 4 is 41.4 Å². The second-order valence-corrected chi connectivity index (χ2v) is 16.6. The molecule has 0 spiro atoms. The van der Waals surface area contributed by atoms with Gasteiger partial charge in [-0.1, -0.05) is 136 Å². The van der Waals surface area contributed by atoms with Crippen molar-refractivity contribution in [3.05, 3.63) is 164 Å². The Bertz CT molecular complexity index is 2270. The molecule has 2 heterocycles. The molecule has 4 aromatic carbocycles. The molecule has 2 aliphatic heterocycles. The van der Waals surface area contributed by atoms with Crippen molar-refractivity contribution in [3.63, 3.8) is 0 Å². The van der Waals surface area contributed by atoms with Gasteiger partial charge >= 0.3 is 17.9 Å². The SMILES string of the molecule is CC(=O)OCC1OC(Sc2ccccc2)C(N=[N+]=[N-])C(OC(C)=O)C1OC(C)=O.[N-]=[N+]=NCC1OC(Sc2ccccc2)C(N=[N+]=[N-])C(OCc2ccccc2)C1OCc1ccccc1. The zero-order valence-electron chi connectivity index (χ0n) is 35.6. The molecule has 0 aromatic heterocycles. The van der Waals surface area contributed by atoms with E-state index in [1.165, 1.54) is 44.3 Å². The van der Waals surface area contributed by atoms with E-state index in [-0.39, 0.29) is 13.2 Å². The standard InChI is InChI=1S/C26H26N6O3S.C18H21N3O7S/c27-31-29-16-22-24(33-17-19-10-4-1-5-11-19)25(34-18-20-12-6-2-7-13-20)23(30-32-28)26(35-22)36-21-14-8-3-9-15-21;1-10(22)25-9-14-16(26-11(2)23)17(27-12(3)24)15(20-21-19)18(28-14)29-13-7-5-4-6-8-13/h1-15,22-26H,16-18H2;4-8,14-18H,9H2,1-3H3. The summed E-state index contributed by atoms with van der Waals surface area (Å²) in [5, 5.41) is 11.6. The van der Waals surface area contributed by atoms with Crippen LogP contribution in [0.25, 0.3) is 31.3 Å². The molecule has 0 bridgehead atoms. The second-order valence-electron chi connectivity index (χ2n) is 14.2. The van der Waals surface area contributed by atoms with E-state index >= 15 is 0 Å². The number of azide groups is 3. The first-order chi connectivity index (χ1) is 31.6. The Kier molecular flexibility index (Phi) is 20.3. The summed E-state index contributed by atoms with van der Waals surface area (Å²) >= 11 is 2.68. The Balaban J connectivity index is 0.000000250. The molecule has 0 N–H and O–H groups in total. The molecule has 65 heavy (non-hydrogen) atoms. The fourth-order valence-corrected chi connectivity index (χ4v) is 9.05. The van der Waals surface area contributed by atoms with Crippen molar-refractivity contribution in [1.82, 2.24) is 0 Å². The number of hydrogen-bond acceptors (Lipinski definition) is 15. The van der Waals surface area contributed by atoms with Crippen LogP contribution in [0.5, 0.6) is 0 Å². The summed E-state index contributed by atoms with van der Waals surface area (Å²) < 4.78 is 40.8. The Labute approximate surface area is 383 Å². The average molecular weight is 926 g/mol. The minimum Gasteiger partial charge on any atom is -0.463 e. The van der Waals surface area contributed by atoms with Gasteiger partial charge < -0.3 is 33.2 Å². The molecule has 2 aliphatic rings. The fourth-order valence-electron chi connectivity index (χ4n) is 6.79. The highest BCUT2D eigenvalue weighted by atomic mass is 32.2. The van der Waals surface area contributed by atoms with Crippen molar-refractivity contribution in [2.24, 2.45) is 15.3 Å². The van der Waals surface area contributed by atoms with E-state index in [9.17, 15) is 19.9 Å². The van der Waals surface area contributed by atoms with Crippen molar-refractivity contribution in [2.75, 3.05) is 13.2 Å². The van der Waals surface area contributed by atoms with E-state index in [2.05, 4.69) is 30.1 Å². The number of thioether (sulfide) groups is 2. The van der Waals surface area contributed by atoms with Crippen LogP contribution in [0, 0.1) is 0 Å². The molecule has 2 saturated heterocycles. The van der Waals surface area contributed by atoms with Gasteiger partial charge in [0.1, 0.15) is 41.8 Å². The van der Waals surface area contributed by atoms with Gasteiger partial charge in [0.05, 0.1) is 32.0 Å². The Hall–Kier alpha value is -6.24. The van der Waals surface area contributed by atoms with E-state index < -0.39 is 77.5 Å². The normalized spacial score (nSPS) is 24.5. The van der Waals surface area contributed by atoms with Crippen LogP contribution in [-0.2, 0) is 60.8 Å². The molecule has 340 valence electrons. The number of rotatable bonds is 18. The van der Waals surface area contributed by atoms with Gasteiger partial charge in [-0.2, -0.15) is 0 Å². The molecule has 0 aliphatic carbocycles. The summed E-state index contributed by atoms with van der Waals surface area (Å²) in [6.07, 6.45) is -5.06. The number of benzene rings is 4. The molecule has 0 radical (unpaired) electrons. The van der Waals surface area contributed by atoms with Gasteiger partial charge in [-0.05, 0) is 52.0 Å². The van der Waals surface area contributed by atoms with Gasteiger partial charge in [-0.25, -0.2) is 0 Å². The van der Waals surface area contributed by atoms with Gasteiger partial charge in [-0.15, -0.1) is 0 Å². The summed E-state index contributed by atoms with van der Waals surface area (Å²) in [6.45, 7) is 4.01. The van der Waals surface area contributed by atoms with Crippen LogP contribution in [0.4, 0.5) is 0 Å². The fraction of sp³-hybridized carbons (Fsp3) is 0.386. The maximum Gasteiger partial charge on any atom is 0.303 e. The monoisotopic (exact) mass is 925 g/mol. The average Bonchev–Trinajstić information content (AvgIpc) is 3.30. The van der Waals surface area contributed by atoms with Gasteiger partial charge in [-0.3, -0.25) is 14.4 Å². The summed E-state index contributed by atoms with van der Waals surface area (Å²) in [5.41, 5.74) is 28.1. The number of ether oxygens (including phenoxy) is 7. The lowest BCUT2D eigenvalue weighted by Gasteiger charge is -2.44. The topological polar surface area (TPSA) is 262 Å². The number of carbonyl (C=O) groups excluding carboxylic acids is 3. The zero-order valence-corrected chi connectivity index (χ0v) is 37.2. The maximum absolute atomic E-state index is 11.7. The number of carbonyl (C=O) groups is 3. The molecule has 21 heteroatoms. The van der Waals surface area contributed by atoms with Crippen molar-refractivity contribution < 1.29 is 47.5 Å². The highest BCUT2D eigenvalue weighted by Gasteiger charge is 2.51. The Morgan fingerprint density at radius 2 is 0.985 bits per heavy atom. The van der Waals surface area contributed by atoms with Gasteiger partial charge in [0.25, 0.3) is 0 Å². The minimum atomic E-state index is -1.13. The van der Waals surface area contributed by atoms with E-state index in [0.29, 0.717) is 13.2 Å². The smallest absolute Gasteiger partial charge is 0.303 e. The molecular weight excluding hydrogens is 879 g/mol. The van der Waals surface area contributed by atoms with Crippen molar-refractivity contribution in [2.45, 2.75) is 103 Å². The number of nitrogens with zero attached hydrogens (tertiary/aromatic N) is 9. The number of hydrogen-bond donors (Lipinski definition) is 0. The lowest BCUT2D eigenvalue weighted by atomic mass is 9.97. The lowest BCUT2D eigenvalue weighted by molar-refractivity contribution is -0.208. The third-order valence-corrected chi connectivity index (χ3v) is 11.9. The highest BCUT2D eigenvalue weighted by Crippen LogP contribution is 2.39. The summed E-state index contributed by atoms with van der Waals surface area (Å²) in [4.78, 5) is 45.2. The first-order valence-corrected chi connectivity index (χ1v) is 22.0. The molecule has 19 nitrogen and oxygen atoms in total. The maximum atomic E-state index is 11.7. The first kappa shape index (κ1) is 49.8. The highest BCUT2D eigenvalue weighted by molar-refractivity contribution is 8.00. The van der Waals surface area contributed by atoms with Crippen LogP contribution in [0.2, 0.25) is 0 Å². The van der Waals surface area contributed by atoms with E-state index in [0.717, 1.165) is 20.9 Å². The van der Waals surface area contributed by atoms with Crippen LogP contribution >= 0.6 is 23.5 Å². The predicted octanol–water partition coefficient (Wildman–Crippen LogP) is 9.27. The van der Waals surface area contributed by atoms with Crippen molar-refractivity contribution in [3.8, 4) is 0 Å². The molecular formula is C44H47N9O10S2. The van der Waals surface area contributed by atoms with Crippen molar-refractivity contribution in [1.29, 1.82) is 0 Å². The van der Waals surface area contributed by atoms with Crippen LogP contribution in [-0.4, -0.2) is 90.6 Å². The van der Waals surface area contributed by atoms with Crippen LogP contribution in [0.1, 0.15) is 31.9 Å². The van der Waals surface area contributed by atoms with Crippen LogP contribution < -0.4 is 0 Å². The largest absolute Gasteiger partial charge is 0.463 e. The Morgan fingerprint density at radius 3 is 1.43 bits per heavy atom. The summed E-state index contributed by atoms with van der Waals surface area (Å²) in [6, 6.07) is 36.7. The second kappa shape index (κ2) is 26.5. The third-order valence-electron chi connectivity index (χ3n) is 9.54. The van der Waals surface area contributed by atoms with E-state index in [4.69, 9.17) is 44.2 Å². The van der Waals surface area contributed by atoms with Crippen LogP contribution in [0.3, 0.4) is 0 Å². The number of esters is 3. The summed E-state index contributed by atoms with van der Waals surface area (Å²) in [5.74, 6) is -1.86. The summed E-state index contributed by atoms with van der Waals surface area (Å²) in [7, 11) is 0. The minimum absolute atomic E-state index is 0.0516. The van der Waals surface area contributed by atoms with Gasteiger partial charge in [0.2, 0.25) is 0 Å². The molecule has 0 amide bonds. The molecule has 10 atom stereocenters. The molecule has 2 fully saturated rings. The first-order valence-electron chi connectivity index (χ1n) is 20.2. The molecule has 6 rings (SSSR count). The quantitative estimate of drug-likeness (QED) is 0.0297. The van der Waals surface area contributed by atoms with Gasteiger partial charge in [0.15, 0.2) is 12.2 Å². The lowest BCUT2D eigenvalue weighted by Crippen LogP contribution is -2.59. The van der Waals surface area contributed by atoms with Gasteiger partial charge in [0, 0.05) is 45.3 Å². The predicted molar refractivity (Wildman–Crippen MR) is 240 cm³/mol. The molecule has 4 aromatic rings.